The molecule has 0 aliphatic carbocycles. The minimum Gasteiger partial charge on any atom is -0.489 e. The first-order valence-electron chi connectivity index (χ1n) is 5.71. The standard InChI is InChI=1S/C16H14O2/c1-2-13-6-8-14(9-7-13)12-18-16-5-3-4-15(10-16)11-17/h2-11H,1,12H2. The third-order valence-corrected chi connectivity index (χ3v) is 2.62. The van der Waals surface area contributed by atoms with Crippen LogP contribution in [0.3, 0.4) is 0 Å². The van der Waals surface area contributed by atoms with Crippen LogP contribution in [0.15, 0.2) is 55.1 Å². The van der Waals surface area contributed by atoms with Crippen molar-refractivity contribution < 1.29 is 9.53 Å². The Labute approximate surface area is 107 Å². The highest BCUT2D eigenvalue weighted by Crippen LogP contribution is 2.14. The van der Waals surface area contributed by atoms with Crippen LogP contribution < -0.4 is 4.74 Å². The molecule has 0 amide bonds. The van der Waals surface area contributed by atoms with Crippen molar-refractivity contribution >= 4 is 12.4 Å². The van der Waals surface area contributed by atoms with E-state index in [0.717, 1.165) is 17.4 Å². The quantitative estimate of drug-likeness (QED) is 0.742. The molecule has 18 heavy (non-hydrogen) atoms. The highest BCUT2D eigenvalue weighted by atomic mass is 16.5. The van der Waals surface area contributed by atoms with Gasteiger partial charge in [0.25, 0.3) is 0 Å². The summed E-state index contributed by atoms with van der Waals surface area (Å²) in [5, 5.41) is 0. The van der Waals surface area contributed by atoms with Crippen molar-refractivity contribution in [1.29, 1.82) is 0 Å². The molecule has 90 valence electrons. The maximum absolute atomic E-state index is 10.6. The van der Waals surface area contributed by atoms with Crippen LogP contribution in [0.4, 0.5) is 0 Å². The van der Waals surface area contributed by atoms with Gasteiger partial charge in [0.05, 0.1) is 0 Å². The van der Waals surface area contributed by atoms with Crippen molar-refractivity contribution in [3.05, 3.63) is 71.8 Å². The molecule has 0 saturated heterocycles. The van der Waals surface area contributed by atoms with Crippen LogP contribution in [0.5, 0.6) is 5.75 Å². The average molecular weight is 238 g/mol. The van der Waals surface area contributed by atoms with Gasteiger partial charge in [-0.05, 0) is 23.3 Å². The van der Waals surface area contributed by atoms with E-state index < -0.39 is 0 Å². The molecule has 0 N–H and O–H groups in total. The molecule has 0 aliphatic heterocycles. The summed E-state index contributed by atoms with van der Waals surface area (Å²) >= 11 is 0. The second kappa shape index (κ2) is 5.82. The lowest BCUT2D eigenvalue weighted by Gasteiger charge is -2.06. The molecule has 2 heteroatoms. The number of rotatable bonds is 5. The second-order valence-electron chi connectivity index (χ2n) is 3.92. The summed E-state index contributed by atoms with van der Waals surface area (Å²) in [5.74, 6) is 0.701. The third-order valence-electron chi connectivity index (χ3n) is 2.62. The fourth-order valence-electron chi connectivity index (χ4n) is 1.59. The monoisotopic (exact) mass is 238 g/mol. The van der Waals surface area contributed by atoms with Gasteiger partial charge in [0.2, 0.25) is 0 Å². The van der Waals surface area contributed by atoms with Crippen molar-refractivity contribution in [1.82, 2.24) is 0 Å². The lowest BCUT2D eigenvalue weighted by Crippen LogP contribution is -1.95. The number of ether oxygens (including phenoxy) is 1. The van der Waals surface area contributed by atoms with Gasteiger partial charge in [-0.15, -0.1) is 0 Å². The molecule has 0 bridgehead atoms. The number of carbonyl (C=O) groups is 1. The van der Waals surface area contributed by atoms with Crippen molar-refractivity contribution in [3.63, 3.8) is 0 Å². The lowest BCUT2D eigenvalue weighted by atomic mass is 10.1. The number of hydrogen-bond donors (Lipinski definition) is 0. The molecule has 0 aliphatic rings. The average Bonchev–Trinajstić information content (AvgIpc) is 2.46. The number of carbonyl (C=O) groups excluding carboxylic acids is 1. The topological polar surface area (TPSA) is 26.3 Å². The van der Waals surface area contributed by atoms with Gasteiger partial charge in [-0.1, -0.05) is 49.1 Å². The van der Waals surface area contributed by atoms with E-state index in [4.69, 9.17) is 4.74 Å². The van der Waals surface area contributed by atoms with Crippen molar-refractivity contribution in [2.45, 2.75) is 6.61 Å². The van der Waals surface area contributed by atoms with E-state index in [2.05, 4.69) is 6.58 Å². The zero-order valence-electron chi connectivity index (χ0n) is 10.0. The van der Waals surface area contributed by atoms with Gasteiger partial charge in [-0.2, -0.15) is 0 Å². The molecule has 0 fully saturated rings. The van der Waals surface area contributed by atoms with Gasteiger partial charge < -0.3 is 4.74 Å². The van der Waals surface area contributed by atoms with Crippen LogP contribution in [0.1, 0.15) is 21.5 Å². The van der Waals surface area contributed by atoms with Crippen LogP contribution in [0.2, 0.25) is 0 Å². The van der Waals surface area contributed by atoms with Gasteiger partial charge >= 0.3 is 0 Å². The first-order valence-corrected chi connectivity index (χ1v) is 5.71. The molecule has 0 saturated carbocycles. The molecule has 0 spiro atoms. The fourth-order valence-corrected chi connectivity index (χ4v) is 1.59. The van der Waals surface area contributed by atoms with Crippen LogP contribution in [-0.2, 0) is 6.61 Å². The SMILES string of the molecule is C=Cc1ccc(COc2cccc(C=O)c2)cc1. The van der Waals surface area contributed by atoms with Crippen molar-refractivity contribution in [3.8, 4) is 5.75 Å². The summed E-state index contributed by atoms with van der Waals surface area (Å²) in [6.07, 6.45) is 2.62. The number of hydrogen-bond acceptors (Lipinski definition) is 2. The predicted octanol–water partition coefficient (Wildman–Crippen LogP) is 3.72. The van der Waals surface area contributed by atoms with Gasteiger partial charge in [-0.3, -0.25) is 4.79 Å². The summed E-state index contributed by atoms with van der Waals surface area (Å²) in [5.41, 5.74) is 2.79. The van der Waals surface area contributed by atoms with E-state index in [1.807, 2.05) is 30.3 Å². The highest BCUT2D eigenvalue weighted by molar-refractivity contribution is 5.75. The molecular weight excluding hydrogens is 224 g/mol. The van der Waals surface area contributed by atoms with E-state index in [9.17, 15) is 4.79 Å². The maximum Gasteiger partial charge on any atom is 0.150 e. The van der Waals surface area contributed by atoms with Crippen molar-refractivity contribution in [2.75, 3.05) is 0 Å². The molecule has 0 radical (unpaired) electrons. The van der Waals surface area contributed by atoms with Crippen LogP contribution in [0, 0.1) is 0 Å². The lowest BCUT2D eigenvalue weighted by molar-refractivity contribution is 0.112. The Morgan fingerprint density at radius 3 is 2.50 bits per heavy atom. The molecule has 2 nitrogen and oxygen atoms in total. The van der Waals surface area contributed by atoms with E-state index in [0.29, 0.717) is 17.9 Å². The minimum atomic E-state index is 0.486. The van der Waals surface area contributed by atoms with E-state index >= 15 is 0 Å². The van der Waals surface area contributed by atoms with Crippen molar-refractivity contribution in [2.24, 2.45) is 0 Å². The third kappa shape index (κ3) is 3.08. The van der Waals surface area contributed by atoms with E-state index in [-0.39, 0.29) is 0 Å². The second-order valence-corrected chi connectivity index (χ2v) is 3.92. The van der Waals surface area contributed by atoms with E-state index in [1.165, 1.54) is 0 Å². The van der Waals surface area contributed by atoms with Gasteiger partial charge in [-0.25, -0.2) is 0 Å². The Balaban J connectivity index is 2.01. The Bertz CT molecular complexity index is 541. The normalized spacial score (nSPS) is 9.78. The largest absolute Gasteiger partial charge is 0.489 e. The van der Waals surface area contributed by atoms with Crippen LogP contribution in [0.25, 0.3) is 6.08 Å². The maximum atomic E-state index is 10.6. The number of aldehydes is 1. The molecule has 2 aromatic rings. The first-order chi connectivity index (χ1) is 8.81. The van der Waals surface area contributed by atoms with Gasteiger partial charge in [0.1, 0.15) is 18.6 Å². The minimum absolute atomic E-state index is 0.486. The van der Waals surface area contributed by atoms with Crippen LogP contribution in [-0.4, -0.2) is 6.29 Å². The molecule has 2 aromatic carbocycles. The summed E-state index contributed by atoms with van der Waals surface area (Å²) in [6.45, 7) is 4.19. The molecule has 0 atom stereocenters. The summed E-state index contributed by atoms with van der Waals surface area (Å²) in [6, 6.07) is 15.1. The molecule has 2 rings (SSSR count). The number of benzene rings is 2. The zero-order valence-corrected chi connectivity index (χ0v) is 10.0. The summed E-state index contributed by atoms with van der Waals surface area (Å²) in [7, 11) is 0. The summed E-state index contributed by atoms with van der Waals surface area (Å²) < 4.78 is 5.62. The molecule has 0 aromatic heterocycles. The van der Waals surface area contributed by atoms with E-state index in [1.54, 1.807) is 24.3 Å². The first kappa shape index (κ1) is 12.1. The fraction of sp³-hybridized carbons (Fsp3) is 0.0625. The van der Waals surface area contributed by atoms with Crippen LogP contribution >= 0.6 is 0 Å². The Morgan fingerprint density at radius 2 is 1.83 bits per heavy atom. The summed E-state index contributed by atoms with van der Waals surface area (Å²) in [4.78, 5) is 10.6. The zero-order chi connectivity index (χ0) is 12.8. The molecule has 0 heterocycles. The van der Waals surface area contributed by atoms with Gasteiger partial charge in [0, 0.05) is 5.56 Å². The molecular formula is C16H14O2. The van der Waals surface area contributed by atoms with Gasteiger partial charge in [0.15, 0.2) is 0 Å². The Kier molecular flexibility index (Phi) is 3.92. The Morgan fingerprint density at radius 1 is 1.06 bits per heavy atom. The predicted molar refractivity (Wildman–Crippen MR) is 72.7 cm³/mol. The molecule has 0 unspecified atom stereocenters. The smallest absolute Gasteiger partial charge is 0.150 e. The highest BCUT2D eigenvalue weighted by Gasteiger charge is 1.97. The Hall–Kier alpha value is -2.35.